The van der Waals surface area contributed by atoms with Crippen LogP contribution in [0.2, 0.25) is 0 Å². The Morgan fingerprint density at radius 1 is 0.304 bits per heavy atom. The minimum Gasteiger partial charge on any atom is -0.462 e. The molecule has 0 aromatic rings. The monoisotopic (exact) mass is 955 g/mol. The van der Waals surface area contributed by atoms with Gasteiger partial charge in [-0.2, -0.15) is 0 Å². The second kappa shape index (κ2) is 56.4. The highest BCUT2D eigenvalue weighted by molar-refractivity contribution is 5.71. The summed E-state index contributed by atoms with van der Waals surface area (Å²) in [4.78, 5) is 38.1. The first-order chi connectivity index (χ1) is 34.0. The van der Waals surface area contributed by atoms with Crippen molar-refractivity contribution >= 4 is 17.9 Å². The minimum absolute atomic E-state index is 0.124. The largest absolute Gasteiger partial charge is 0.462 e. The van der Waals surface area contributed by atoms with Crippen LogP contribution in [0.3, 0.4) is 0 Å². The summed E-state index contributed by atoms with van der Waals surface area (Å²) in [6, 6.07) is 0. The fraction of sp³-hybridized carbons (Fsp3) is 0.635. The van der Waals surface area contributed by atoms with E-state index in [4.69, 9.17) is 14.2 Å². The van der Waals surface area contributed by atoms with Gasteiger partial charge < -0.3 is 14.2 Å². The van der Waals surface area contributed by atoms with Gasteiger partial charge in [0.25, 0.3) is 0 Å². The molecule has 0 aliphatic heterocycles. The first-order valence-corrected chi connectivity index (χ1v) is 28.0. The van der Waals surface area contributed by atoms with Gasteiger partial charge in [-0.05, 0) is 96.3 Å². The van der Waals surface area contributed by atoms with Crippen molar-refractivity contribution in [2.24, 2.45) is 0 Å². The predicted octanol–water partition coefficient (Wildman–Crippen LogP) is 18.9. The molecule has 1 atom stereocenters. The molecule has 0 saturated heterocycles. The second-order valence-corrected chi connectivity index (χ2v) is 18.1. The van der Waals surface area contributed by atoms with Gasteiger partial charge in [-0.3, -0.25) is 14.4 Å². The molecule has 390 valence electrons. The SMILES string of the molecule is CC/C=C\C/C=C\C/C=C\C/C=C\C/C=C\C/C=C\CCC(=O)OCC(COC(=O)CCCC/C=C\C/C=C\C/C=C\C/C=C\CC)OC(=O)CCCCCCCCCCCCCCCCCCC. The zero-order valence-electron chi connectivity index (χ0n) is 44.5. The normalized spacial score (nSPS) is 13.0. The molecule has 0 N–H and O–H groups in total. The lowest BCUT2D eigenvalue weighted by molar-refractivity contribution is -0.166. The molecule has 0 saturated carbocycles. The highest BCUT2D eigenvalue weighted by Crippen LogP contribution is 2.15. The highest BCUT2D eigenvalue weighted by Gasteiger charge is 2.19. The molecule has 0 spiro atoms. The smallest absolute Gasteiger partial charge is 0.306 e. The molecule has 0 radical (unpaired) electrons. The lowest BCUT2D eigenvalue weighted by atomic mass is 10.0. The van der Waals surface area contributed by atoms with Crippen LogP contribution in [0.4, 0.5) is 0 Å². The summed E-state index contributed by atoms with van der Waals surface area (Å²) >= 11 is 0. The van der Waals surface area contributed by atoms with E-state index in [-0.39, 0.29) is 37.5 Å². The van der Waals surface area contributed by atoms with E-state index in [9.17, 15) is 14.4 Å². The number of carbonyl (C=O) groups is 3. The van der Waals surface area contributed by atoms with Crippen LogP contribution in [-0.4, -0.2) is 37.2 Å². The van der Waals surface area contributed by atoms with E-state index < -0.39 is 6.10 Å². The van der Waals surface area contributed by atoms with Gasteiger partial charge in [-0.1, -0.05) is 245 Å². The summed E-state index contributed by atoms with van der Waals surface area (Å²) in [5.41, 5.74) is 0. The summed E-state index contributed by atoms with van der Waals surface area (Å²) in [6.07, 6.45) is 77.7. The van der Waals surface area contributed by atoms with E-state index in [2.05, 4.69) is 130 Å². The summed E-state index contributed by atoms with van der Waals surface area (Å²) in [6.45, 7) is 6.31. The van der Waals surface area contributed by atoms with Crippen molar-refractivity contribution in [2.45, 2.75) is 245 Å². The molecule has 0 rings (SSSR count). The first kappa shape index (κ1) is 64.8. The van der Waals surface area contributed by atoms with Gasteiger partial charge in [-0.25, -0.2) is 0 Å². The van der Waals surface area contributed by atoms with E-state index in [0.29, 0.717) is 25.7 Å². The van der Waals surface area contributed by atoms with Crippen LogP contribution in [0.25, 0.3) is 0 Å². The Hall–Kier alpha value is -4.19. The third-order valence-corrected chi connectivity index (χ3v) is 11.5. The van der Waals surface area contributed by atoms with Crippen LogP contribution < -0.4 is 0 Å². The fourth-order valence-electron chi connectivity index (χ4n) is 7.34. The Bertz CT molecular complexity index is 1470. The molecule has 0 bridgehead atoms. The molecular weight excluding hydrogens is 853 g/mol. The number of esters is 3. The first-order valence-electron chi connectivity index (χ1n) is 28.0. The molecule has 1 unspecified atom stereocenters. The lowest BCUT2D eigenvalue weighted by Gasteiger charge is -2.18. The van der Waals surface area contributed by atoms with Gasteiger partial charge in [0.2, 0.25) is 0 Å². The van der Waals surface area contributed by atoms with Gasteiger partial charge in [0.15, 0.2) is 6.10 Å². The molecule has 0 aliphatic carbocycles. The number of unbranched alkanes of at least 4 members (excludes halogenated alkanes) is 18. The molecule has 0 aromatic heterocycles. The molecule has 69 heavy (non-hydrogen) atoms. The molecular formula is C63H102O6. The number of hydrogen-bond acceptors (Lipinski definition) is 6. The Kier molecular flexibility index (Phi) is 53.0. The summed E-state index contributed by atoms with van der Waals surface area (Å²) < 4.78 is 16.7. The molecule has 0 amide bonds. The molecule has 0 heterocycles. The maximum Gasteiger partial charge on any atom is 0.306 e. The third kappa shape index (κ3) is 54.6. The average molecular weight is 956 g/mol. The van der Waals surface area contributed by atoms with Crippen LogP contribution in [0.15, 0.2) is 122 Å². The zero-order valence-corrected chi connectivity index (χ0v) is 44.5. The third-order valence-electron chi connectivity index (χ3n) is 11.5. The summed E-state index contributed by atoms with van der Waals surface area (Å²) in [5.74, 6) is -1.05. The fourth-order valence-corrected chi connectivity index (χ4v) is 7.34. The zero-order chi connectivity index (χ0) is 50.0. The van der Waals surface area contributed by atoms with Crippen molar-refractivity contribution in [3.8, 4) is 0 Å². The summed E-state index contributed by atoms with van der Waals surface area (Å²) in [5, 5.41) is 0. The molecule has 6 nitrogen and oxygen atoms in total. The molecule has 0 fully saturated rings. The van der Waals surface area contributed by atoms with Gasteiger partial charge in [0, 0.05) is 19.3 Å². The van der Waals surface area contributed by atoms with Gasteiger partial charge in [-0.15, -0.1) is 0 Å². The number of allylic oxidation sites excluding steroid dienone is 20. The molecule has 0 aliphatic rings. The number of ether oxygens (including phenoxy) is 3. The van der Waals surface area contributed by atoms with Crippen molar-refractivity contribution in [1.29, 1.82) is 0 Å². The predicted molar refractivity (Wildman–Crippen MR) is 297 cm³/mol. The van der Waals surface area contributed by atoms with Crippen LogP contribution in [0, 0.1) is 0 Å². The maximum atomic E-state index is 12.8. The minimum atomic E-state index is -0.827. The highest BCUT2D eigenvalue weighted by atomic mass is 16.6. The number of rotatable bonds is 49. The van der Waals surface area contributed by atoms with E-state index >= 15 is 0 Å². The van der Waals surface area contributed by atoms with E-state index in [0.717, 1.165) is 96.3 Å². The van der Waals surface area contributed by atoms with E-state index in [1.165, 1.54) is 89.9 Å². The number of hydrogen-bond donors (Lipinski definition) is 0. The Balaban J connectivity index is 4.55. The lowest BCUT2D eigenvalue weighted by Crippen LogP contribution is -2.30. The maximum absolute atomic E-state index is 12.8. The number of carbonyl (C=O) groups excluding carboxylic acids is 3. The Labute approximate surface area is 424 Å². The van der Waals surface area contributed by atoms with Crippen molar-refractivity contribution in [3.05, 3.63) is 122 Å². The van der Waals surface area contributed by atoms with Crippen LogP contribution >= 0.6 is 0 Å². The summed E-state index contributed by atoms with van der Waals surface area (Å²) in [7, 11) is 0. The van der Waals surface area contributed by atoms with Crippen LogP contribution in [0.1, 0.15) is 239 Å². The van der Waals surface area contributed by atoms with Crippen LogP contribution in [-0.2, 0) is 28.6 Å². The van der Waals surface area contributed by atoms with Gasteiger partial charge in [0.1, 0.15) is 13.2 Å². The Morgan fingerprint density at radius 2 is 0.594 bits per heavy atom. The van der Waals surface area contributed by atoms with Crippen molar-refractivity contribution in [2.75, 3.05) is 13.2 Å². The van der Waals surface area contributed by atoms with Gasteiger partial charge in [0.05, 0.1) is 0 Å². The van der Waals surface area contributed by atoms with E-state index in [1.807, 2.05) is 12.2 Å². The van der Waals surface area contributed by atoms with Crippen molar-refractivity contribution < 1.29 is 28.6 Å². The molecule has 6 heteroatoms. The Morgan fingerprint density at radius 3 is 0.971 bits per heavy atom. The molecule has 0 aromatic carbocycles. The van der Waals surface area contributed by atoms with Crippen molar-refractivity contribution in [1.82, 2.24) is 0 Å². The van der Waals surface area contributed by atoms with Gasteiger partial charge >= 0.3 is 17.9 Å². The van der Waals surface area contributed by atoms with Crippen LogP contribution in [0.5, 0.6) is 0 Å². The standard InChI is InChI=1S/C63H102O6/c1-4-7-10-13-16-19-22-25-28-30-31-33-35-38-41-44-47-50-53-56-62(65)68-59-60(58-67-61(64)55-52-49-46-43-40-37-34-27-24-21-18-15-12-9-6-3)69-63(66)57-54-51-48-45-42-39-36-32-29-26-23-20-17-14-11-8-5-2/h7,9-10,12,16,18-19,21,25,27-28,31,33-34,38,40-41,43,47,50,60H,4-6,8,11,13-15,17,20,22-24,26,29-30,32,35-37,39,42,44-46,48-49,51-59H2,1-3H3/b10-7-,12-9-,19-16-,21-18-,28-25-,33-31-,34-27-,41-38-,43-40-,50-47-. The average Bonchev–Trinajstić information content (AvgIpc) is 3.35. The van der Waals surface area contributed by atoms with Crippen molar-refractivity contribution in [3.63, 3.8) is 0 Å². The van der Waals surface area contributed by atoms with E-state index in [1.54, 1.807) is 0 Å². The topological polar surface area (TPSA) is 78.9 Å². The second-order valence-electron chi connectivity index (χ2n) is 18.1. The quantitative estimate of drug-likeness (QED) is 0.0262.